The number of aryl methyl sites for hydroxylation is 1. The summed E-state index contributed by atoms with van der Waals surface area (Å²) < 4.78 is 0. The molecular weight excluding hydrogens is 114 g/mol. The van der Waals surface area contributed by atoms with Crippen LogP contribution in [0.4, 0.5) is 5.82 Å². The minimum Gasteiger partial charge on any atom is -0.384 e. The zero-order valence-electron chi connectivity index (χ0n) is 6.10. The maximum atomic E-state index is 5.32. The Hall–Kier alpha value is -0.990. The highest BCUT2D eigenvalue weighted by Gasteiger charge is 1.88. The van der Waals surface area contributed by atoms with Crippen LogP contribution in [0.1, 0.15) is 19.4 Å². The molecule has 0 atom stereocenters. The Labute approximate surface area is 55.3 Å². The Bertz CT molecular complexity index is 141. The average Bonchev–Trinajstić information content (AvgIpc) is 2.23. The van der Waals surface area contributed by atoms with Crippen molar-refractivity contribution >= 4 is 5.82 Å². The molecule has 0 unspecified atom stereocenters. The SMILES string of the molecule is CC.Cc1cn[nH]c1N. The summed E-state index contributed by atoms with van der Waals surface area (Å²) in [5.41, 5.74) is 6.32. The predicted molar refractivity (Wildman–Crippen MR) is 39.1 cm³/mol. The minimum absolute atomic E-state index is 0.653. The molecule has 1 rings (SSSR count). The summed E-state index contributed by atoms with van der Waals surface area (Å²) in [7, 11) is 0. The Morgan fingerprint density at radius 1 is 1.56 bits per heavy atom. The largest absolute Gasteiger partial charge is 0.384 e. The molecule has 0 amide bonds. The van der Waals surface area contributed by atoms with E-state index in [1.165, 1.54) is 0 Å². The highest BCUT2D eigenvalue weighted by molar-refractivity contribution is 5.34. The normalized spacial score (nSPS) is 7.89. The van der Waals surface area contributed by atoms with Gasteiger partial charge in [-0.2, -0.15) is 5.10 Å². The molecule has 1 heterocycles. The number of H-pyrrole nitrogens is 1. The molecule has 1 aromatic rings. The van der Waals surface area contributed by atoms with Gasteiger partial charge >= 0.3 is 0 Å². The molecule has 3 N–H and O–H groups in total. The monoisotopic (exact) mass is 127 g/mol. The number of nitrogen functional groups attached to an aromatic ring is 1. The van der Waals surface area contributed by atoms with Crippen LogP contribution in [0.2, 0.25) is 0 Å². The van der Waals surface area contributed by atoms with Crippen molar-refractivity contribution in [1.29, 1.82) is 0 Å². The van der Waals surface area contributed by atoms with E-state index >= 15 is 0 Å². The van der Waals surface area contributed by atoms with E-state index in [2.05, 4.69) is 10.2 Å². The van der Waals surface area contributed by atoms with E-state index in [9.17, 15) is 0 Å². The van der Waals surface area contributed by atoms with E-state index in [1.54, 1.807) is 6.20 Å². The smallest absolute Gasteiger partial charge is 0.121 e. The lowest BCUT2D eigenvalue weighted by molar-refractivity contribution is 1.10. The number of aromatic amines is 1. The van der Waals surface area contributed by atoms with Crippen molar-refractivity contribution in [2.75, 3.05) is 5.73 Å². The standard InChI is InChI=1S/C4H7N3.C2H6/c1-3-2-6-7-4(3)5;1-2/h2H,1H3,(H3,5,6,7);1-2H3. The second kappa shape index (κ2) is 3.95. The number of hydrogen-bond acceptors (Lipinski definition) is 2. The molecule has 9 heavy (non-hydrogen) atoms. The molecule has 52 valence electrons. The van der Waals surface area contributed by atoms with E-state index in [-0.39, 0.29) is 0 Å². The van der Waals surface area contributed by atoms with Crippen LogP contribution in [0.3, 0.4) is 0 Å². The summed E-state index contributed by atoms with van der Waals surface area (Å²) in [6.45, 7) is 5.90. The number of rotatable bonds is 0. The van der Waals surface area contributed by atoms with Gasteiger partial charge < -0.3 is 5.73 Å². The van der Waals surface area contributed by atoms with E-state index in [0.29, 0.717) is 5.82 Å². The van der Waals surface area contributed by atoms with Gasteiger partial charge in [0.2, 0.25) is 0 Å². The first-order valence-electron chi connectivity index (χ1n) is 3.06. The Kier molecular flexibility index (Phi) is 3.51. The van der Waals surface area contributed by atoms with Crippen LogP contribution in [0.25, 0.3) is 0 Å². The van der Waals surface area contributed by atoms with Crippen LogP contribution in [0, 0.1) is 6.92 Å². The molecule has 3 heteroatoms. The summed E-state index contributed by atoms with van der Waals surface area (Å²) in [6, 6.07) is 0. The highest BCUT2D eigenvalue weighted by atomic mass is 15.1. The average molecular weight is 127 g/mol. The van der Waals surface area contributed by atoms with Crippen LogP contribution < -0.4 is 5.73 Å². The number of hydrogen-bond donors (Lipinski definition) is 2. The van der Waals surface area contributed by atoms with Gasteiger partial charge in [0.1, 0.15) is 5.82 Å². The first-order chi connectivity index (χ1) is 4.30. The zero-order chi connectivity index (χ0) is 7.28. The molecule has 0 spiro atoms. The van der Waals surface area contributed by atoms with Gasteiger partial charge in [-0.1, -0.05) is 13.8 Å². The Balaban J connectivity index is 0.000000291. The first kappa shape index (κ1) is 8.01. The Morgan fingerprint density at radius 2 is 2.11 bits per heavy atom. The van der Waals surface area contributed by atoms with Crippen molar-refractivity contribution in [3.8, 4) is 0 Å². The zero-order valence-corrected chi connectivity index (χ0v) is 6.10. The lowest BCUT2D eigenvalue weighted by Crippen LogP contribution is -1.85. The summed E-state index contributed by atoms with van der Waals surface area (Å²) in [5, 5.41) is 6.27. The summed E-state index contributed by atoms with van der Waals surface area (Å²) in [5.74, 6) is 0.653. The molecule has 0 aliphatic heterocycles. The number of nitrogens with one attached hydrogen (secondary N) is 1. The van der Waals surface area contributed by atoms with Crippen molar-refractivity contribution in [2.24, 2.45) is 0 Å². The van der Waals surface area contributed by atoms with Gasteiger partial charge in [-0.05, 0) is 6.92 Å². The maximum absolute atomic E-state index is 5.32. The fourth-order valence-electron chi connectivity index (χ4n) is 0.356. The summed E-state index contributed by atoms with van der Waals surface area (Å²) in [6.07, 6.45) is 1.69. The fourth-order valence-corrected chi connectivity index (χ4v) is 0.356. The number of anilines is 1. The van der Waals surface area contributed by atoms with E-state index < -0.39 is 0 Å². The highest BCUT2D eigenvalue weighted by Crippen LogP contribution is 2.00. The van der Waals surface area contributed by atoms with Crippen molar-refractivity contribution < 1.29 is 0 Å². The molecule has 0 saturated carbocycles. The second-order valence-electron chi connectivity index (χ2n) is 1.47. The molecule has 0 saturated heterocycles. The quantitative estimate of drug-likeness (QED) is 0.552. The summed E-state index contributed by atoms with van der Waals surface area (Å²) in [4.78, 5) is 0. The van der Waals surface area contributed by atoms with Crippen molar-refractivity contribution in [1.82, 2.24) is 10.2 Å². The lowest BCUT2D eigenvalue weighted by Gasteiger charge is -1.79. The van der Waals surface area contributed by atoms with Gasteiger partial charge in [0.05, 0.1) is 6.20 Å². The van der Waals surface area contributed by atoms with Crippen molar-refractivity contribution in [2.45, 2.75) is 20.8 Å². The third-order valence-electron chi connectivity index (χ3n) is 0.868. The molecule has 0 aliphatic rings. The number of nitrogens with zero attached hydrogens (tertiary/aromatic N) is 1. The van der Waals surface area contributed by atoms with E-state index in [4.69, 9.17) is 5.73 Å². The first-order valence-corrected chi connectivity index (χ1v) is 3.06. The fraction of sp³-hybridized carbons (Fsp3) is 0.500. The van der Waals surface area contributed by atoms with Gasteiger partial charge in [-0.15, -0.1) is 0 Å². The van der Waals surface area contributed by atoms with Gasteiger partial charge in [-0.3, -0.25) is 5.10 Å². The molecule has 0 radical (unpaired) electrons. The van der Waals surface area contributed by atoms with Crippen LogP contribution in [0.5, 0.6) is 0 Å². The van der Waals surface area contributed by atoms with Crippen molar-refractivity contribution in [3.05, 3.63) is 11.8 Å². The third-order valence-corrected chi connectivity index (χ3v) is 0.868. The van der Waals surface area contributed by atoms with Crippen LogP contribution >= 0.6 is 0 Å². The topological polar surface area (TPSA) is 54.7 Å². The van der Waals surface area contributed by atoms with Gasteiger partial charge in [-0.25, -0.2) is 0 Å². The van der Waals surface area contributed by atoms with Gasteiger partial charge in [0.15, 0.2) is 0 Å². The second-order valence-corrected chi connectivity index (χ2v) is 1.47. The predicted octanol–water partition coefficient (Wildman–Crippen LogP) is 1.33. The molecule has 0 aliphatic carbocycles. The van der Waals surface area contributed by atoms with Gasteiger partial charge in [0, 0.05) is 5.56 Å². The number of nitrogens with two attached hydrogens (primary N) is 1. The minimum atomic E-state index is 0.653. The van der Waals surface area contributed by atoms with E-state index in [1.807, 2.05) is 20.8 Å². The van der Waals surface area contributed by atoms with Crippen LogP contribution in [-0.4, -0.2) is 10.2 Å². The molecule has 0 bridgehead atoms. The maximum Gasteiger partial charge on any atom is 0.121 e. The lowest BCUT2D eigenvalue weighted by atomic mass is 10.4. The number of aromatic nitrogens is 2. The van der Waals surface area contributed by atoms with Gasteiger partial charge in [0.25, 0.3) is 0 Å². The summed E-state index contributed by atoms with van der Waals surface area (Å²) >= 11 is 0. The Morgan fingerprint density at radius 3 is 2.22 bits per heavy atom. The molecule has 0 fully saturated rings. The molecule has 3 nitrogen and oxygen atoms in total. The third kappa shape index (κ3) is 2.17. The van der Waals surface area contributed by atoms with E-state index in [0.717, 1.165) is 5.56 Å². The molecule has 1 aromatic heterocycles. The van der Waals surface area contributed by atoms with Crippen LogP contribution in [0.15, 0.2) is 6.20 Å². The molecule has 0 aromatic carbocycles. The molecular formula is C6H13N3. The van der Waals surface area contributed by atoms with Crippen LogP contribution in [-0.2, 0) is 0 Å². The van der Waals surface area contributed by atoms with Crippen molar-refractivity contribution in [3.63, 3.8) is 0 Å².